The van der Waals surface area contributed by atoms with E-state index in [1.807, 2.05) is 14.0 Å². The predicted molar refractivity (Wildman–Crippen MR) is 130 cm³/mol. The van der Waals surface area contributed by atoms with Gasteiger partial charge in [-0.25, -0.2) is 0 Å². The molecule has 6 nitrogen and oxygen atoms in total. The van der Waals surface area contributed by atoms with E-state index in [0.29, 0.717) is 6.61 Å². The molecule has 0 bridgehead atoms. The number of aliphatic imine (C=N–C) groups is 1. The summed E-state index contributed by atoms with van der Waals surface area (Å²) in [6.45, 7) is 12.2. The van der Waals surface area contributed by atoms with Crippen LogP contribution in [0.25, 0.3) is 0 Å². The fourth-order valence-corrected chi connectivity index (χ4v) is 3.67. The summed E-state index contributed by atoms with van der Waals surface area (Å²) in [5.74, 6) is 0.861. The molecule has 0 saturated carbocycles. The molecule has 7 heteroatoms. The van der Waals surface area contributed by atoms with Gasteiger partial charge in [0, 0.05) is 33.2 Å². The molecule has 0 atom stereocenters. The van der Waals surface area contributed by atoms with Gasteiger partial charge in [-0.05, 0) is 44.0 Å². The fourth-order valence-electron chi connectivity index (χ4n) is 3.67. The van der Waals surface area contributed by atoms with Crippen molar-refractivity contribution in [2.45, 2.75) is 46.7 Å². The van der Waals surface area contributed by atoms with Crippen LogP contribution in [0.1, 0.15) is 44.7 Å². The molecule has 1 aliphatic heterocycles. The van der Waals surface area contributed by atoms with Crippen LogP contribution in [0.2, 0.25) is 0 Å². The van der Waals surface area contributed by atoms with Crippen LogP contribution in [0.4, 0.5) is 0 Å². The van der Waals surface area contributed by atoms with Crippen molar-refractivity contribution in [3.8, 4) is 0 Å². The monoisotopic (exact) mass is 516 g/mol. The van der Waals surface area contributed by atoms with Gasteiger partial charge in [0.2, 0.25) is 0 Å². The lowest BCUT2D eigenvalue weighted by molar-refractivity contribution is -0.149. The Morgan fingerprint density at radius 2 is 1.79 bits per heavy atom. The third-order valence-corrected chi connectivity index (χ3v) is 5.47. The van der Waals surface area contributed by atoms with Crippen molar-refractivity contribution >= 4 is 35.9 Å². The van der Waals surface area contributed by atoms with Gasteiger partial charge in [0.05, 0.1) is 12.5 Å². The van der Waals surface area contributed by atoms with Crippen LogP contribution in [0, 0.1) is 5.92 Å². The molecule has 1 heterocycles. The van der Waals surface area contributed by atoms with E-state index >= 15 is 0 Å². The van der Waals surface area contributed by atoms with Crippen molar-refractivity contribution in [2.24, 2.45) is 10.9 Å². The molecule has 1 aromatic rings. The zero-order chi connectivity index (χ0) is 20.4. The van der Waals surface area contributed by atoms with Crippen molar-refractivity contribution in [1.29, 1.82) is 0 Å². The highest BCUT2D eigenvalue weighted by atomic mass is 127. The molecule has 2 rings (SSSR count). The zero-order valence-corrected chi connectivity index (χ0v) is 20.6. The van der Waals surface area contributed by atoms with E-state index in [2.05, 4.69) is 58.2 Å². The van der Waals surface area contributed by atoms with Crippen LogP contribution in [0.3, 0.4) is 0 Å². The number of likely N-dealkylation sites (tertiary alicyclic amines) is 1. The zero-order valence-electron chi connectivity index (χ0n) is 18.3. The van der Waals surface area contributed by atoms with Gasteiger partial charge in [0.25, 0.3) is 0 Å². The minimum Gasteiger partial charge on any atom is -0.466 e. The number of ether oxygens (including phenoxy) is 1. The maximum atomic E-state index is 11.9. The highest BCUT2D eigenvalue weighted by Gasteiger charge is 2.27. The second-order valence-electron chi connectivity index (χ2n) is 7.14. The highest BCUT2D eigenvalue weighted by Crippen LogP contribution is 2.19. The Morgan fingerprint density at radius 3 is 2.34 bits per heavy atom. The molecular weight excluding hydrogens is 479 g/mol. The molecule has 0 spiro atoms. The lowest BCUT2D eigenvalue weighted by Gasteiger charge is -2.33. The van der Waals surface area contributed by atoms with Gasteiger partial charge in [-0.2, -0.15) is 0 Å². The molecule has 0 radical (unpaired) electrons. The van der Waals surface area contributed by atoms with Gasteiger partial charge >= 0.3 is 5.97 Å². The Balaban J connectivity index is 0.00000420. The third-order valence-electron chi connectivity index (χ3n) is 5.47. The average molecular weight is 516 g/mol. The van der Waals surface area contributed by atoms with Crippen LogP contribution < -0.4 is 5.32 Å². The van der Waals surface area contributed by atoms with E-state index in [4.69, 9.17) is 4.74 Å². The number of carbonyl (C=O) groups is 1. The predicted octanol–water partition coefficient (Wildman–Crippen LogP) is 3.50. The van der Waals surface area contributed by atoms with Gasteiger partial charge in [0.15, 0.2) is 5.96 Å². The summed E-state index contributed by atoms with van der Waals surface area (Å²) in [5, 5.41) is 3.52. The lowest BCUT2D eigenvalue weighted by atomic mass is 9.97. The smallest absolute Gasteiger partial charge is 0.309 e. The van der Waals surface area contributed by atoms with Crippen molar-refractivity contribution in [1.82, 2.24) is 15.1 Å². The van der Waals surface area contributed by atoms with E-state index in [1.54, 1.807) is 0 Å². The maximum Gasteiger partial charge on any atom is 0.309 e. The molecule has 0 aliphatic carbocycles. The third kappa shape index (κ3) is 7.77. The number of esters is 1. The second kappa shape index (κ2) is 13.8. The van der Waals surface area contributed by atoms with Gasteiger partial charge in [-0.15, -0.1) is 24.0 Å². The minimum atomic E-state index is -0.0598. The van der Waals surface area contributed by atoms with Gasteiger partial charge in [-0.1, -0.05) is 38.1 Å². The molecular formula is C22H37IN4O2. The molecule has 1 aromatic carbocycles. The summed E-state index contributed by atoms with van der Waals surface area (Å²) in [6, 6.07) is 8.60. The number of nitrogens with zero attached hydrogens (tertiary/aromatic N) is 3. The van der Waals surface area contributed by atoms with E-state index < -0.39 is 0 Å². The first-order valence-corrected chi connectivity index (χ1v) is 10.5. The summed E-state index contributed by atoms with van der Waals surface area (Å²) < 4.78 is 5.16. The van der Waals surface area contributed by atoms with Crippen LogP contribution in [0.5, 0.6) is 0 Å². The van der Waals surface area contributed by atoms with Crippen LogP contribution in [-0.2, 0) is 22.6 Å². The SMILES string of the molecule is CCOC(=O)C1CCN(C(=NC)NCc2ccccc2CN(CC)CC)CC1.I. The molecule has 1 aliphatic rings. The number of carbonyl (C=O) groups excluding carboxylic acids is 1. The number of hydrogen-bond donors (Lipinski definition) is 1. The van der Waals surface area contributed by atoms with Crippen molar-refractivity contribution in [3.05, 3.63) is 35.4 Å². The molecule has 1 saturated heterocycles. The molecule has 0 amide bonds. The Bertz CT molecular complexity index is 641. The number of halogens is 1. The Hall–Kier alpha value is -1.35. The standard InChI is InChI=1S/C22H36N4O2.HI/c1-5-25(6-2)17-20-11-9-8-10-19(20)16-24-22(23-4)26-14-12-18(13-15-26)21(27)28-7-3;/h8-11,18H,5-7,12-17H2,1-4H3,(H,23,24);1H. The summed E-state index contributed by atoms with van der Waals surface area (Å²) in [5.41, 5.74) is 2.66. The molecule has 0 unspecified atom stereocenters. The summed E-state index contributed by atoms with van der Waals surface area (Å²) >= 11 is 0. The summed E-state index contributed by atoms with van der Waals surface area (Å²) in [4.78, 5) is 21.1. The Labute approximate surface area is 193 Å². The van der Waals surface area contributed by atoms with Crippen LogP contribution >= 0.6 is 24.0 Å². The van der Waals surface area contributed by atoms with Gasteiger partial charge in [-0.3, -0.25) is 14.7 Å². The number of hydrogen-bond acceptors (Lipinski definition) is 4. The summed E-state index contributed by atoms with van der Waals surface area (Å²) in [6.07, 6.45) is 1.64. The first kappa shape index (κ1) is 25.7. The number of piperidine rings is 1. The summed E-state index contributed by atoms with van der Waals surface area (Å²) in [7, 11) is 1.82. The largest absolute Gasteiger partial charge is 0.466 e. The molecule has 29 heavy (non-hydrogen) atoms. The molecule has 1 fully saturated rings. The van der Waals surface area contributed by atoms with E-state index in [9.17, 15) is 4.79 Å². The van der Waals surface area contributed by atoms with Crippen molar-refractivity contribution < 1.29 is 9.53 Å². The Kier molecular flexibility index (Phi) is 12.2. The number of guanidine groups is 1. The van der Waals surface area contributed by atoms with E-state index in [-0.39, 0.29) is 35.9 Å². The molecule has 1 N–H and O–H groups in total. The highest BCUT2D eigenvalue weighted by molar-refractivity contribution is 14.0. The molecule has 164 valence electrons. The van der Waals surface area contributed by atoms with Crippen molar-refractivity contribution in [2.75, 3.05) is 39.8 Å². The number of benzene rings is 1. The topological polar surface area (TPSA) is 57.2 Å². The lowest BCUT2D eigenvalue weighted by Crippen LogP contribution is -2.46. The first-order valence-electron chi connectivity index (χ1n) is 10.5. The Morgan fingerprint density at radius 1 is 1.17 bits per heavy atom. The second-order valence-corrected chi connectivity index (χ2v) is 7.14. The number of rotatable bonds is 8. The maximum absolute atomic E-state index is 11.9. The average Bonchev–Trinajstić information content (AvgIpc) is 2.74. The van der Waals surface area contributed by atoms with Gasteiger partial charge in [0.1, 0.15) is 0 Å². The van der Waals surface area contributed by atoms with Crippen LogP contribution in [-0.4, -0.2) is 61.6 Å². The van der Waals surface area contributed by atoms with E-state index in [1.165, 1.54) is 11.1 Å². The molecule has 0 aromatic heterocycles. The van der Waals surface area contributed by atoms with E-state index in [0.717, 1.165) is 58.1 Å². The van der Waals surface area contributed by atoms with Gasteiger partial charge < -0.3 is 15.0 Å². The number of nitrogens with one attached hydrogen (secondary N) is 1. The minimum absolute atomic E-state index is 0. The normalized spacial score (nSPS) is 15.2. The first-order chi connectivity index (χ1) is 13.6. The quantitative estimate of drug-likeness (QED) is 0.248. The van der Waals surface area contributed by atoms with Crippen LogP contribution in [0.15, 0.2) is 29.3 Å². The van der Waals surface area contributed by atoms with Crippen molar-refractivity contribution in [3.63, 3.8) is 0 Å². The fraction of sp³-hybridized carbons (Fsp3) is 0.636.